The maximum atomic E-state index is 13.7. The van der Waals surface area contributed by atoms with Crippen LogP contribution in [0.3, 0.4) is 0 Å². The number of carbonyl (C=O) groups excluding carboxylic acids is 3. The van der Waals surface area contributed by atoms with E-state index in [0.29, 0.717) is 0 Å². The molecule has 1 saturated heterocycles. The number of allylic oxidation sites excluding steroid dienone is 1. The van der Waals surface area contributed by atoms with Crippen LogP contribution in [0.5, 0.6) is 0 Å². The van der Waals surface area contributed by atoms with Crippen LogP contribution >= 0.6 is 0 Å². The molecule has 1 aliphatic heterocycles. The van der Waals surface area contributed by atoms with E-state index in [1.165, 1.54) is 9.80 Å². The lowest BCUT2D eigenvalue weighted by molar-refractivity contribution is -0.157. The second kappa shape index (κ2) is 11.1. The van der Waals surface area contributed by atoms with Crippen LogP contribution < -0.4 is 0 Å². The lowest BCUT2D eigenvalue weighted by Crippen LogP contribution is -2.54. The molecule has 0 N–H and O–H groups in total. The molecule has 0 saturated carbocycles. The van der Waals surface area contributed by atoms with Crippen molar-refractivity contribution in [3.05, 3.63) is 48.0 Å². The zero-order valence-electron chi connectivity index (χ0n) is 22.3. The van der Waals surface area contributed by atoms with Gasteiger partial charge >= 0.3 is 18.2 Å². The number of hydrogen-bond donors (Lipinski definition) is 0. The van der Waals surface area contributed by atoms with Gasteiger partial charge in [-0.1, -0.05) is 42.5 Å². The molecule has 2 amide bonds. The molecule has 1 fully saturated rings. The Morgan fingerprint density at radius 1 is 1.06 bits per heavy atom. The van der Waals surface area contributed by atoms with Crippen LogP contribution in [0.2, 0.25) is 0 Å². The fourth-order valence-corrected chi connectivity index (χ4v) is 3.90. The number of amides is 2. The van der Waals surface area contributed by atoms with Crippen molar-refractivity contribution in [2.45, 2.75) is 90.7 Å². The minimum Gasteiger partial charge on any atom is -0.459 e. The minimum atomic E-state index is -1.33. The molecule has 8 heteroatoms. The number of esters is 1. The van der Waals surface area contributed by atoms with Crippen LogP contribution in [0.15, 0.2) is 42.5 Å². The summed E-state index contributed by atoms with van der Waals surface area (Å²) in [5.41, 5.74) is -1.92. The summed E-state index contributed by atoms with van der Waals surface area (Å²) in [7, 11) is 1.62. The summed E-state index contributed by atoms with van der Waals surface area (Å²) in [5, 5.41) is 0. The lowest BCUT2D eigenvalue weighted by Gasteiger charge is -2.36. The Kier molecular flexibility index (Phi) is 8.98. The molecule has 0 aliphatic carbocycles. The molecule has 35 heavy (non-hydrogen) atoms. The van der Waals surface area contributed by atoms with Crippen LogP contribution in [0, 0.1) is 0 Å². The van der Waals surface area contributed by atoms with Gasteiger partial charge in [0.25, 0.3) is 0 Å². The number of likely N-dealkylation sites (N-methyl/N-ethyl adjacent to an activating group) is 1. The summed E-state index contributed by atoms with van der Waals surface area (Å²) in [4.78, 5) is 42.6. The van der Waals surface area contributed by atoms with Crippen molar-refractivity contribution in [3.63, 3.8) is 0 Å². The van der Waals surface area contributed by atoms with Gasteiger partial charge in [-0.3, -0.25) is 4.90 Å². The van der Waals surface area contributed by atoms with Gasteiger partial charge in [0.15, 0.2) is 0 Å². The van der Waals surface area contributed by atoms with E-state index < -0.39 is 40.9 Å². The molecule has 1 aliphatic rings. The number of carbonyl (C=O) groups is 3. The van der Waals surface area contributed by atoms with E-state index in [1.807, 2.05) is 49.4 Å². The van der Waals surface area contributed by atoms with Crippen LogP contribution in [-0.4, -0.2) is 64.3 Å². The second-order valence-corrected chi connectivity index (χ2v) is 10.9. The number of benzene rings is 1. The van der Waals surface area contributed by atoms with Gasteiger partial charge < -0.3 is 19.1 Å². The molecular formula is C27H40N2O6. The van der Waals surface area contributed by atoms with Gasteiger partial charge in [-0.05, 0) is 60.5 Å². The second-order valence-electron chi connectivity index (χ2n) is 10.9. The van der Waals surface area contributed by atoms with Gasteiger partial charge in [-0.15, -0.1) is 0 Å². The number of likely N-dealkylation sites (tertiary alicyclic amines) is 1. The minimum absolute atomic E-state index is 0.0754. The first-order chi connectivity index (χ1) is 16.2. The molecular weight excluding hydrogens is 448 g/mol. The van der Waals surface area contributed by atoms with E-state index in [1.54, 1.807) is 48.6 Å². The van der Waals surface area contributed by atoms with Gasteiger partial charge in [0.1, 0.15) is 23.3 Å². The third-order valence-electron chi connectivity index (χ3n) is 5.61. The summed E-state index contributed by atoms with van der Waals surface area (Å²) < 4.78 is 16.9. The Bertz CT molecular complexity index is 916. The molecule has 0 radical (unpaired) electrons. The summed E-state index contributed by atoms with van der Waals surface area (Å²) >= 11 is 0. The van der Waals surface area contributed by atoms with E-state index in [0.717, 1.165) is 5.56 Å². The van der Waals surface area contributed by atoms with E-state index in [9.17, 15) is 14.4 Å². The first kappa shape index (κ1) is 28.2. The standard InChI is InChI=1S/C27H40N2O6/c1-9-10-16-27(22(30)33-19-20-14-12-11-13-15-20)17-21(28(8)23(31)34-25(2,3)4)18-29(27)24(32)35-26(5,6)7/h9-15,21H,16-19H2,1-8H3/b10-9+/t21-,27?/m1/s1. The Hall–Kier alpha value is -3.03. The lowest BCUT2D eigenvalue weighted by atomic mass is 9.90. The van der Waals surface area contributed by atoms with Gasteiger partial charge in [-0.25, -0.2) is 14.4 Å². The van der Waals surface area contributed by atoms with Crippen molar-refractivity contribution in [1.82, 2.24) is 9.80 Å². The SMILES string of the molecule is C/C=C/CC1(C(=O)OCc2ccccc2)C[C@@H](N(C)C(=O)OC(C)(C)C)CN1C(=O)OC(C)(C)C. The molecule has 8 nitrogen and oxygen atoms in total. The normalized spacial score (nSPS) is 20.6. The Balaban J connectivity index is 2.40. The highest BCUT2D eigenvalue weighted by atomic mass is 16.6. The highest BCUT2D eigenvalue weighted by Gasteiger charge is 2.56. The molecule has 1 heterocycles. The Morgan fingerprint density at radius 2 is 1.66 bits per heavy atom. The van der Waals surface area contributed by atoms with E-state index in [2.05, 4.69) is 0 Å². The van der Waals surface area contributed by atoms with Crippen molar-refractivity contribution >= 4 is 18.2 Å². The first-order valence-electron chi connectivity index (χ1n) is 12.0. The summed E-state index contributed by atoms with van der Waals surface area (Å²) in [6.45, 7) is 12.7. The molecule has 1 aromatic rings. The largest absolute Gasteiger partial charge is 0.459 e. The van der Waals surface area contributed by atoms with Crippen molar-refractivity contribution < 1.29 is 28.6 Å². The zero-order valence-corrected chi connectivity index (χ0v) is 22.3. The maximum absolute atomic E-state index is 13.7. The number of ether oxygens (including phenoxy) is 3. The average molecular weight is 489 g/mol. The summed E-state index contributed by atoms with van der Waals surface area (Å²) in [6.07, 6.45) is 2.93. The van der Waals surface area contributed by atoms with Gasteiger partial charge in [0, 0.05) is 20.0 Å². The Labute approximate surface area is 209 Å². The molecule has 0 spiro atoms. The molecule has 0 aromatic heterocycles. The van der Waals surface area contributed by atoms with Crippen molar-refractivity contribution in [2.24, 2.45) is 0 Å². The molecule has 0 bridgehead atoms. The molecule has 1 unspecified atom stereocenters. The quantitative estimate of drug-likeness (QED) is 0.306. The number of nitrogens with zero attached hydrogens (tertiary/aromatic N) is 2. The van der Waals surface area contributed by atoms with Crippen LogP contribution in [-0.2, 0) is 25.6 Å². The smallest absolute Gasteiger partial charge is 0.411 e. The highest BCUT2D eigenvalue weighted by molar-refractivity contribution is 5.87. The predicted octanol–water partition coefficient (Wildman–Crippen LogP) is 5.31. The molecule has 2 atom stereocenters. The van der Waals surface area contributed by atoms with Gasteiger partial charge in [0.05, 0.1) is 6.04 Å². The fraction of sp³-hybridized carbons (Fsp3) is 0.593. The van der Waals surface area contributed by atoms with Crippen molar-refractivity contribution in [2.75, 3.05) is 13.6 Å². The third kappa shape index (κ3) is 7.73. The van der Waals surface area contributed by atoms with Crippen LogP contribution in [0.25, 0.3) is 0 Å². The van der Waals surface area contributed by atoms with E-state index >= 15 is 0 Å². The van der Waals surface area contributed by atoms with E-state index in [4.69, 9.17) is 14.2 Å². The molecule has 2 rings (SSSR count). The molecule has 194 valence electrons. The number of rotatable bonds is 6. The average Bonchev–Trinajstić information content (AvgIpc) is 3.15. The first-order valence-corrected chi connectivity index (χ1v) is 12.0. The maximum Gasteiger partial charge on any atom is 0.411 e. The summed E-state index contributed by atoms with van der Waals surface area (Å²) in [5.74, 6) is -0.537. The fourth-order valence-electron chi connectivity index (χ4n) is 3.90. The third-order valence-corrected chi connectivity index (χ3v) is 5.61. The monoisotopic (exact) mass is 488 g/mol. The highest BCUT2D eigenvalue weighted by Crippen LogP contribution is 2.38. The van der Waals surface area contributed by atoms with Crippen LogP contribution in [0.4, 0.5) is 9.59 Å². The zero-order chi connectivity index (χ0) is 26.4. The molecule has 1 aromatic carbocycles. The summed E-state index contributed by atoms with van der Waals surface area (Å²) in [6, 6.07) is 8.89. The number of hydrogen-bond acceptors (Lipinski definition) is 6. The van der Waals surface area contributed by atoms with Crippen molar-refractivity contribution in [1.29, 1.82) is 0 Å². The van der Waals surface area contributed by atoms with Crippen LogP contribution in [0.1, 0.15) is 66.9 Å². The van der Waals surface area contributed by atoms with Crippen molar-refractivity contribution in [3.8, 4) is 0 Å². The van der Waals surface area contributed by atoms with Gasteiger partial charge in [0.2, 0.25) is 0 Å². The van der Waals surface area contributed by atoms with Gasteiger partial charge in [-0.2, -0.15) is 0 Å². The van der Waals surface area contributed by atoms with E-state index in [-0.39, 0.29) is 26.0 Å². The topological polar surface area (TPSA) is 85.4 Å². The Morgan fingerprint density at radius 3 is 2.20 bits per heavy atom. The predicted molar refractivity (Wildman–Crippen MR) is 134 cm³/mol.